The van der Waals surface area contributed by atoms with Crippen LogP contribution in [0.1, 0.15) is 31.2 Å². The normalized spacial score (nSPS) is 14.8. The molecule has 0 heterocycles. The molecule has 0 saturated heterocycles. The van der Waals surface area contributed by atoms with Gasteiger partial charge in [-0.1, -0.05) is 42.3 Å². The molecule has 0 aliphatic rings. The van der Waals surface area contributed by atoms with E-state index in [0.29, 0.717) is 16.5 Å². The van der Waals surface area contributed by atoms with Crippen molar-refractivity contribution in [3.05, 3.63) is 33.8 Å². The predicted octanol–water partition coefficient (Wildman–Crippen LogP) is 3.23. The van der Waals surface area contributed by atoms with Gasteiger partial charge in [-0.15, -0.1) is 0 Å². The lowest BCUT2D eigenvalue weighted by molar-refractivity contribution is 0.0817. The summed E-state index contributed by atoms with van der Waals surface area (Å²) in [7, 11) is 0. The van der Waals surface area contributed by atoms with E-state index in [4.69, 9.17) is 28.3 Å². The molecule has 2 N–H and O–H groups in total. The van der Waals surface area contributed by atoms with Gasteiger partial charge >= 0.3 is 0 Å². The molecule has 0 bridgehead atoms. The maximum absolute atomic E-state index is 9.45. The van der Waals surface area contributed by atoms with Gasteiger partial charge in [-0.2, -0.15) is 0 Å². The zero-order chi connectivity index (χ0) is 12.1. The van der Waals surface area contributed by atoms with Gasteiger partial charge < -0.3 is 10.2 Å². The zero-order valence-electron chi connectivity index (χ0n) is 9.16. The highest BCUT2D eigenvalue weighted by atomic mass is 35.5. The Labute approximate surface area is 106 Å². The van der Waals surface area contributed by atoms with Crippen LogP contribution in [0.4, 0.5) is 0 Å². The van der Waals surface area contributed by atoms with Gasteiger partial charge in [-0.3, -0.25) is 0 Å². The SMILES string of the molecule is CCC(CC(O)CO)c1cccc(Cl)c1Cl. The van der Waals surface area contributed by atoms with Crippen molar-refractivity contribution in [1.29, 1.82) is 0 Å². The van der Waals surface area contributed by atoms with Crippen LogP contribution in [0.25, 0.3) is 0 Å². The maximum Gasteiger partial charge on any atom is 0.0776 e. The van der Waals surface area contributed by atoms with Gasteiger partial charge in [0.25, 0.3) is 0 Å². The minimum atomic E-state index is -0.708. The number of aliphatic hydroxyl groups excluding tert-OH is 2. The molecule has 2 unspecified atom stereocenters. The zero-order valence-corrected chi connectivity index (χ0v) is 10.7. The quantitative estimate of drug-likeness (QED) is 0.856. The summed E-state index contributed by atoms with van der Waals surface area (Å²) >= 11 is 12.1. The smallest absolute Gasteiger partial charge is 0.0776 e. The van der Waals surface area contributed by atoms with Crippen molar-refractivity contribution in [3.63, 3.8) is 0 Å². The highest BCUT2D eigenvalue weighted by molar-refractivity contribution is 6.42. The van der Waals surface area contributed by atoms with E-state index in [1.54, 1.807) is 6.07 Å². The van der Waals surface area contributed by atoms with Gasteiger partial charge in [0, 0.05) is 0 Å². The van der Waals surface area contributed by atoms with Gasteiger partial charge in [-0.05, 0) is 30.4 Å². The molecule has 2 nitrogen and oxygen atoms in total. The molecule has 0 fully saturated rings. The summed E-state index contributed by atoms with van der Waals surface area (Å²) < 4.78 is 0. The summed E-state index contributed by atoms with van der Waals surface area (Å²) in [6.07, 6.45) is 0.629. The highest BCUT2D eigenvalue weighted by Crippen LogP contribution is 2.34. The van der Waals surface area contributed by atoms with E-state index in [9.17, 15) is 5.11 Å². The molecule has 16 heavy (non-hydrogen) atoms. The molecule has 1 aromatic rings. The molecule has 0 amide bonds. The van der Waals surface area contributed by atoms with Crippen LogP contribution in [0.3, 0.4) is 0 Å². The Balaban J connectivity index is 2.90. The Bertz CT molecular complexity index is 342. The summed E-state index contributed by atoms with van der Waals surface area (Å²) in [4.78, 5) is 0. The molecule has 1 aromatic carbocycles. The molecule has 0 aliphatic heterocycles. The monoisotopic (exact) mass is 262 g/mol. The molecule has 4 heteroatoms. The van der Waals surface area contributed by atoms with Crippen LogP contribution in [0.15, 0.2) is 18.2 Å². The predicted molar refractivity (Wildman–Crippen MR) is 67.2 cm³/mol. The van der Waals surface area contributed by atoms with Crippen molar-refractivity contribution in [3.8, 4) is 0 Å². The molecule has 0 saturated carbocycles. The van der Waals surface area contributed by atoms with Crippen LogP contribution in [0, 0.1) is 0 Å². The van der Waals surface area contributed by atoms with Crippen LogP contribution in [-0.4, -0.2) is 22.9 Å². The first-order valence-electron chi connectivity index (χ1n) is 5.33. The molecule has 0 spiro atoms. The second-order valence-electron chi connectivity index (χ2n) is 3.82. The second-order valence-corrected chi connectivity index (χ2v) is 4.61. The van der Waals surface area contributed by atoms with E-state index in [0.717, 1.165) is 12.0 Å². The summed E-state index contributed by atoms with van der Waals surface area (Å²) in [5, 5.41) is 19.4. The Kier molecular flexibility index (Phi) is 5.56. The van der Waals surface area contributed by atoms with E-state index in [1.165, 1.54) is 0 Å². The summed E-state index contributed by atoms with van der Waals surface area (Å²) in [6, 6.07) is 5.49. The Morgan fingerprint density at radius 1 is 1.31 bits per heavy atom. The van der Waals surface area contributed by atoms with E-state index in [-0.39, 0.29) is 12.5 Å². The summed E-state index contributed by atoms with van der Waals surface area (Å²) in [6.45, 7) is 1.79. The van der Waals surface area contributed by atoms with Gasteiger partial charge in [0.2, 0.25) is 0 Å². The number of hydrogen-bond donors (Lipinski definition) is 2. The first-order chi connectivity index (χ1) is 7.60. The number of rotatable bonds is 5. The van der Waals surface area contributed by atoms with Gasteiger partial charge in [0.05, 0.1) is 22.8 Å². The molecular formula is C12H16Cl2O2. The summed E-state index contributed by atoms with van der Waals surface area (Å²) in [5.74, 6) is 0.119. The fourth-order valence-electron chi connectivity index (χ4n) is 1.75. The summed E-state index contributed by atoms with van der Waals surface area (Å²) in [5.41, 5.74) is 0.934. The molecule has 2 atom stereocenters. The Morgan fingerprint density at radius 3 is 2.56 bits per heavy atom. The number of hydrogen-bond acceptors (Lipinski definition) is 2. The lowest BCUT2D eigenvalue weighted by Gasteiger charge is -2.19. The van der Waals surface area contributed by atoms with E-state index < -0.39 is 6.10 Å². The molecule has 90 valence electrons. The first kappa shape index (κ1) is 13.8. The van der Waals surface area contributed by atoms with Crippen molar-refractivity contribution in [2.45, 2.75) is 31.8 Å². The average Bonchev–Trinajstić information content (AvgIpc) is 2.29. The third kappa shape index (κ3) is 3.36. The van der Waals surface area contributed by atoms with Crippen LogP contribution in [0.5, 0.6) is 0 Å². The number of benzene rings is 1. The highest BCUT2D eigenvalue weighted by Gasteiger charge is 2.17. The minimum Gasteiger partial charge on any atom is -0.394 e. The number of aliphatic hydroxyl groups is 2. The largest absolute Gasteiger partial charge is 0.394 e. The van der Waals surface area contributed by atoms with Crippen molar-refractivity contribution in [2.75, 3.05) is 6.61 Å². The van der Waals surface area contributed by atoms with Gasteiger partial charge in [-0.25, -0.2) is 0 Å². The molecule has 1 rings (SSSR count). The fraction of sp³-hybridized carbons (Fsp3) is 0.500. The minimum absolute atomic E-state index is 0.119. The molecular weight excluding hydrogens is 247 g/mol. The van der Waals surface area contributed by atoms with Crippen molar-refractivity contribution >= 4 is 23.2 Å². The molecule has 0 aliphatic carbocycles. The Hall–Kier alpha value is -0.280. The maximum atomic E-state index is 9.45. The van der Waals surface area contributed by atoms with Crippen LogP contribution < -0.4 is 0 Å². The fourth-order valence-corrected chi connectivity index (χ4v) is 2.21. The van der Waals surface area contributed by atoms with Gasteiger partial charge in [0.1, 0.15) is 0 Å². The number of halogens is 2. The third-order valence-electron chi connectivity index (χ3n) is 2.68. The third-order valence-corrected chi connectivity index (χ3v) is 3.51. The lowest BCUT2D eigenvalue weighted by atomic mass is 9.91. The van der Waals surface area contributed by atoms with Crippen LogP contribution in [-0.2, 0) is 0 Å². The second kappa shape index (κ2) is 6.45. The van der Waals surface area contributed by atoms with Crippen LogP contribution >= 0.6 is 23.2 Å². The van der Waals surface area contributed by atoms with Gasteiger partial charge in [0.15, 0.2) is 0 Å². The lowest BCUT2D eigenvalue weighted by Crippen LogP contribution is -2.16. The van der Waals surface area contributed by atoms with Crippen molar-refractivity contribution in [1.82, 2.24) is 0 Å². The molecule has 0 aromatic heterocycles. The van der Waals surface area contributed by atoms with E-state index >= 15 is 0 Å². The van der Waals surface area contributed by atoms with Crippen molar-refractivity contribution < 1.29 is 10.2 Å². The first-order valence-corrected chi connectivity index (χ1v) is 6.08. The molecule has 0 radical (unpaired) electrons. The standard InChI is InChI=1S/C12H16Cl2O2/c1-2-8(6-9(16)7-15)10-4-3-5-11(13)12(10)14/h3-5,8-9,15-16H,2,6-7H2,1H3. The van der Waals surface area contributed by atoms with Crippen LogP contribution in [0.2, 0.25) is 10.0 Å². The Morgan fingerprint density at radius 2 is 2.00 bits per heavy atom. The van der Waals surface area contributed by atoms with E-state index in [1.807, 2.05) is 19.1 Å². The topological polar surface area (TPSA) is 40.5 Å². The average molecular weight is 263 g/mol. The van der Waals surface area contributed by atoms with E-state index in [2.05, 4.69) is 0 Å². The van der Waals surface area contributed by atoms with Crippen molar-refractivity contribution in [2.24, 2.45) is 0 Å².